The maximum absolute atomic E-state index is 6.41. The first-order valence-corrected chi connectivity index (χ1v) is 15.0. The standard InChI is InChI=1S/C17H40O3SSi2/c1-8-11-14-18-23(19-15-12-9-2,20-16-13-10-3)17(4,21)22(5,6)7/h21H,8-16H2,1-7H3/t17-/m0/s1. The molecule has 0 aromatic heterocycles. The van der Waals surface area contributed by atoms with Gasteiger partial charge in [-0.05, 0) is 26.2 Å². The van der Waals surface area contributed by atoms with Gasteiger partial charge >= 0.3 is 8.80 Å². The average molecular weight is 381 g/mol. The van der Waals surface area contributed by atoms with Crippen molar-refractivity contribution in [3.05, 3.63) is 0 Å². The van der Waals surface area contributed by atoms with E-state index < -0.39 is 16.9 Å². The molecule has 0 N–H and O–H groups in total. The van der Waals surface area contributed by atoms with Gasteiger partial charge in [0.15, 0.2) is 0 Å². The van der Waals surface area contributed by atoms with Crippen LogP contribution in [0.1, 0.15) is 66.2 Å². The molecule has 0 aliphatic rings. The Labute approximate surface area is 152 Å². The van der Waals surface area contributed by atoms with Gasteiger partial charge in [-0.15, -0.1) is 0 Å². The van der Waals surface area contributed by atoms with Crippen LogP contribution in [0.15, 0.2) is 0 Å². The van der Waals surface area contributed by atoms with Crippen LogP contribution in [0.5, 0.6) is 0 Å². The zero-order chi connectivity index (χ0) is 18.0. The molecule has 0 spiro atoms. The second kappa shape index (κ2) is 11.3. The van der Waals surface area contributed by atoms with E-state index in [2.05, 4.69) is 47.3 Å². The summed E-state index contributed by atoms with van der Waals surface area (Å²) in [5.74, 6) is 0. The molecule has 0 aromatic rings. The van der Waals surface area contributed by atoms with Crippen LogP contribution in [-0.2, 0) is 13.3 Å². The van der Waals surface area contributed by atoms with Crippen LogP contribution in [0.25, 0.3) is 0 Å². The lowest BCUT2D eigenvalue weighted by Gasteiger charge is -2.47. The molecule has 0 aliphatic carbocycles. The van der Waals surface area contributed by atoms with E-state index >= 15 is 0 Å². The van der Waals surface area contributed by atoms with Gasteiger partial charge in [-0.3, -0.25) is 0 Å². The van der Waals surface area contributed by atoms with Gasteiger partial charge in [-0.2, -0.15) is 12.6 Å². The number of hydrogen-bond donors (Lipinski definition) is 1. The fourth-order valence-electron chi connectivity index (χ4n) is 2.06. The first kappa shape index (κ1) is 23.7. The third-order valence-corrected chi connectivity index (χ3v) is 16.3. The monoisotopic (exact) mass is 380 g/mol. The van der Waals surface area contributed by atoms with Crippen molar-refractivity contribution < 1.29 is 13.3 Å². The van der Waals surface area contributed by atoms with E-state index in [9.17, 15) is 0 Å². The van der Waals surface area contributed by atoms with Crippen LogP contribution in [0.4, 0.5) is 0 Å². The zero-order valence-electron chi connectivity index (χ0n) is 16.5. The number of hydrogen-bond acceptors (Lipinski definition) is 4. The quantitative estimate of drug-likeness (QED) is 0.246. The smallest absolute Gasteiger partial charge is 0.373 e. The van der Waals surface area contributed by atoms with Crippen LogP contribution in [0, 0.1) is 0 Å². The van der Waals surface area contributed by atoms with Crippen LogP contribution in [0.2, 0.25) is 19.6 Å². The Morgan fingerprint density at radius 3 is 1.26 bits per heavy atom. The molecule has 0 amide bonds. The number of rotatable bonds is 14. The molecule has 0 aliphatic heterocycles. The Kier molecular flexibility index (Phi) is 11.6. The first-order valence-electron chi connectivity index (χ1n) is 9.32. The van der Waals surface area contributed by atoms with Crippen molar-refractivity contribution in [3.63, 3.8) is 0 Å². The molecule has 6 heteroatoms. The van der Waals surface area contributed by atoms with Crippen molar-refractivity contribution in [2.75, 3.05) is 19.8 Å². The minimum Gasteiger partial charge on any atom is -0.373 e. The molecule has 0 fully saturated rings. The number of unbranched alkanes of at least 4 members (excludes halogenated alkanes) is 3. The van der Waals surface area contributed by atoms with E-state index in [1.165, 1.54) is 0 Å². The minimum absolute atomic E-state index is 0.296. The predicted molar refractivity (Wildman–Crippen MR) is 109 cm³/mol. The van der Waals surface area contributed by atoms with Crippen molar-refractivity contribution >= 4 is 29.5 Å². The molecule has 3 nitrogen and oxygen atoms in total. The Balaban J connectivity index is 5.41. The van der Waals surface area contributed by atoms with E-state index in [4.69, 9.17) is 25.9 Å². The van der Waals surface area contributed by atoms with E-state index in [1.807, 2.05) is 0 Å². The summed E-state index contributed by atoms with van der Waals surface area (Å²) in [6.07, 6.45) is 6.47. The lowest BCUT2D eigenvalue weighted by Crippen LogP contribution is -2.70. The third-order valence-electron chi connectivity index (χ3n) is 4.43. The molecule has 0 heterocycles. The van der Waals surface area contributed by atoms with Gasteiger partial charge in [-0.25, -0.2) is 0 Å². The molecule has 0 rings (SSSR count). The van der Waals surface area contributed by atoms with Crippen LogP contribution in [-0.4, -0.2) is 40.7 Å². The summed E-state index contributed by atoms with van der Waals surface area (Å²) in [6.45, 7) is 17.9. The van der Waals surface area contributed by atoms with Gasteiger partial charge in [0, 0.05) is 19.8 Å². The molecule has 0 unspecified atom stereocenters. The summed E-state index contributed by atoms with van der Waals surface area (Å²) in [6, 6.07) is 0. The highest BCUT2D eigenvalue weighted by molar-refractivity contribution is 7.86. The van der Waals surface area contributed by atoms with E-state index in [0.29, 0.717) is 19.8 Å². The molecular weight excluding hydrogens is 340 g/mol. The highest BCUT2D eigenvalue weighted by Crippen LogP contribution is 2.39. The normalized spacial score (nSPS) is 15.7. The SMILES string of the molecule is CCCCO[Si](OCCCC)(OCCCC)[C@@](C)(S)[Si](C)(C)C. The van der Waals surface area contributed by atoms with Crippen LogP contribution < -0.4 is 0 Å². The van der Waals surface area contributed by atoms with Crippen molar-refractivity contribution in [1.82, 2.24) is 0 Å². The maximum atomic E-state index is 6.41. The van der Waals surface area contributed by atoms with Gasteiger partial charge in [0.05, 0.1) is 12.1 Å². The summed E-state index contributed by atoms with van der Waals surface area (Å²) in [5.41, 5.74) is 0. The summed E-state index contributed by atoms with van der Waals surface area (Å²) >= 11 is 5.10. The third kappa shape index (κ3) is 7.20. The predicted octanol–water partition coefficient (Wildman–Crippen LogP) is 5.48. The topological polar surface area (TPSA) is 27.7 Å². The van der Waals surface area contributed by atoms with E-state index in [-0.39, 0.29) is 3.99 Å². The molecule has 140 valence electrons. The molecular formula is C17H40O3SSi2. The van der Waals surface area contributed by atoms with Gasteiger partial charge in [0.25, 0.3) is 0 Å². The Morgan fingerprint density at radius 1 is 0.739 bits per heavy atom. The van der Waals surface area contributed by atoms with Crippen molar-refractivity contribution in [1.29, 1.82) is 0 Å². The summed E-state index contributed by atoms with van der Waals surface area (Å²) in [4.78, 5) is 0. The Morgan fingerprint density at radius 2 is 1.04 bits per heavy atom. The first-order chi connectivity index (χ1) is 10.7. The number of thiol groups is 1. The van der Waals surface area contributed by atoms with Crippen molar-refractivity contribution in [2.24, 2.45) is 0 Å². The molecule has 23 heavy (non-hydrogen) atoms. The molecule has 1 atom stereocenters. The van der Waals surface area contributed by atoms with Crippen molar-refractivity contribution in [3.8, 4) is 0 Å². The Hall–Kier alpha value is 0.664. The summed E-state index contributed by atoms with van der Waals surface area (Å²) in [5, 5.41) is 0. The molecule has 0 saturated heterocycles. The summed E-state index contributed by atoms with van der Waals surface area (Å²) < 4.78 is 18.9. The summed E-state index contributed by atoms with van der Waals surface area (Å²) in [7, 11) is -4.49. The largest absolute Gasteiger partial charge is 0.514 e. The highest BCUT2D eigenvalue weighted by Gasteiger charge is 2.62. The second-order valence-electron chi connectivity index (χ2n) is 7.48. The van der Waals surface area contributed by atoms with Gasteiger partial charge in [0.2, 0.25) is 0 Å². The van der Waals surface area contributed by atoms with Gasteiger partial charge in [-0.1, -0.05) is 59.7 Å². The molecule has 0 saturated carbocycles. The fraction of sp³-hybridized carbons (Fsp3) is 1.00. The van der Waals surface area contributed by atoms with Crippen molar-refractivity contribution in [2.45, 2.75) is 89.9 Å². The fourth-order valence-corrected chi connectivity index (χ4v) is 9.30. The lowest BCUT2D eigenvalue weighted by atomic mass is 10.4. The second-order valence-corrected chi connectivity index (χ2v) is 18.2. The molecule has 0 aromatic carbocycles. The highest BCUT2D eigenvalue weighted by atomic mass is 32.1. The average Bonchev–Trinajstić information content (AvgIpc) is 2.46. The van der Waals surface area contributed by atoms with Crippen LogP contribution in [0.3, 0.4) is 0 Å². The van der Waals surface area contributed by atoms with Gasteiger partial charge < -0.3 is 13.3 Å². The molecule has 0 radical (unpaired) electrons. The zero-order valence-corrected chi connectivity index (χ0v) is 19.4. The van der Waals surface area contributed by atoms with E-state index in [0.717, 1.165) is 38.5 Å². The van der Waals surface area contributed by atoms with Crippen LogP contribution >= 0.6 is 12.6 Å². The van der Waals surface area contributed by atoms with Gasteiger partial charge in [0.1, 0.15) is 0 Å². The van der Waals surface area contributed by atoms with E-state index in [1.54, 1.807) is 0 Å². The minimum atomic E-state index is -2.84. The lowest BCUT2D eigenvalue weighted by molar-refractivity contribution is 0.0517. The Bertz CT molecular complexity index is 280. The maximum Gasteiger partial charge on any atom is 0.514 e. The molecule has 0 bridgehead atoms.